The van der Waals surface area contributed by atoms with Gasteiger partial charge in [-0.15, -0.1) is 0 Å². The van der Waals surface area contributed by atoms with Gasteiger partial charge in [-0.3, -0.25) is 4.98 Å². The molecule has 0 aliphatic heterocycles. The average Bonchev–Trinajstić information content (AvgIpc) is 3.38. The lowest BCUT2D eigenvalue weighted by Gasteiger charge is -2.09. The molecule has 4 rings (SSSR count). The molecule has 1 aliphatic carbocycles. The predicted molar refractivity (Wildman–Crippen MR) is 87.5 cm³/mol. The largest absolute Gasteiger partial charge is 0.379 e. The molecule has 104 valence electrons. The van der Waals surface area contributed by atoms with Gasteiger partial charge in [-0.05, 0) is 42.0 Å². The van der Waals surface area contributed by atoms with Crippen LogP contribution in [0.25, 0.3) is 10.9 Å². The third-order valence-electron chi connectivity index (χ3n) is 4.14. The Morgan fingerprint density at radius 3 is 2.57 bits per heavy atom. The molecule has 2 nitrogen and oxygen atoms in total. The summed E-state index contributed by atoms with van der Waals surface area (Å²) in [7, 11) is 0. The number of fused-ring (bicyclic) bond motifs is 1. The Labute approximate surface area is 124 Å². The molecule has 3 aromatic rings. The Morgan fingerprint density at radius 2 is 1.76 bits per heavy atom. The minimum absolute atomic E-state index is 0.828. The van der Waals surface area contributed by atoms with E-state index in [1.165, 1.54) is 29.4 Å². The van der Waals surface area contributed by atoms with Crippen molar-refractivity contribution in [3.63, 3.8) is 0 Å². The molecule has 0 radical (unpaired) electrons. The Hall–Kier alpha value is -2.35. The number of hydrogen-bond donors (Lipinski definition) is 1. The monoisotopic (exact) mass is 274 g/mol. The van der Waals surface area contributed by atoms with Crippen LogP contribution in [0.4, 0.5) is 5.69 Å². The number of rotatable bonds is 4. The lowest BCUT2D eigenvalue weighted by Crippen LogP contribution is -2.00. The van der Waals surface area contributed by atoms with Crippen LogP contribution in [-0.2, 0) is 6.54 Å². The van der Waals surface area contributed by atoms with Crippen molar-refractivity contribution in [1.82, 2.24) is 4.98 Å². The molecule has 0 bridgehead atoms. The summed E-state index contributed by atoms with van der Waals surface area (Å²) >= 11 is 0. The third-order valence-corrected chi connectivity index (χ3v) is 4.14. The molecule has 0 saturated heterocycles. The highest BCUT2D eigenvalue weighted by Gasteiger charge is 2.22. The molecule has 1 aromatic heterocycles. The highest BCUT2D eigenvalue weighted by Crippen LogP contribution is 2.39. The van der Waals surface area contributed by atoms with E-state index >= 15 is 0 Å². The number of hydrogen-bond acceptors (Lipinski definition) is 2. The van der Waals surface area contributed by atoms with E-state index in [-0.39, 0.29) is 0 Å². The van der Waals surface area contributed by atoms with Gasteiger partial charge < -0.3 is 5.32 Å². The number of pyridine rings is 1. The van der Waals surface area contributed by atoms with Gasteiger partial charge in [0.1, 0.15) is 0 Å². The van der Waals surface area contributed by atoms with E-state index in [1.54, 1.807) is 0 Å². The molecule has 1 aliphatic rings. The van der Waals surface area contributed by atoms with Crippen LogP contribution >= 0.6 is 0 Å². The number of anilines is 1. The predicted octanol–water partition coefficient (Wildman–Crippen LogP) is 4.72. The lowest BCUT2D eigenvalue weighted by atomic mass is 10.1. The van der Waals surface area contributed by atoms with E-state index < -0.39 is 0 Å². The van der Waals surface area contributed by atoms with Gasteiger partial charge in [0.25, 0.3) is 0 Å². The van der Waals surface area contributed by atoms with Gasteiger partial charge in [0.15, 0.2) is 0 Å². The summed E-state index contributed by atoms with van der Waals surface area (Å²) in [5, 5.41) is 4.68. The second kappa shape index (κ2) is 5.21. The zero-order valence-electron chi connectivity index (χ0n) is 11.9. The Bertz CT molecular complexity index is 753. The smallest absolute Gasteiger partial charge is 0.0933 e. The fraction of sp³-hybridized carbons (Fsp3) is 0.211. The molecule has 0 unspecified atom stereocenters. The maximum atomic E-state index is 4.48. The first-order valence-corrected chi connectivity index (χ1v) is 7.56. The van der Waals surface area contributed by atoms with E-state index in [1.807, 2.05) is 12.3 Å². The van der Waals surface area contributed by atoms with E-state index in [0.29, 0.717) is 0 Å². The van der Waals surface area contributed by atoms with Gasteiger partial charge in [0.05, 0.1) is 11.2 Å². The van der Waals surface area contributed by atoms with Gasteiger partial charge in [-0.25, -0.2) is 0 Å². The van der Waals surface area contributed by atoms with Crippen LogP contribution in [-0.4, -0.2) is 4.98 Å². The highest BCUT2D eigenvalue weighted by atomic mass is 14.9. The summed E-state index contributed by atoms with van der Waals surface area (Å²) < 4.78 is 0. The standard InChI is InChI=1S/C19H18N2/c1-3-17-4-2-12-20-19(17)18(5-1)21-13-14-6-8-15(9-7-14)16-10-11-16/h1-9,12,16,21H,10-11,13H2. The molecule has 1 heterocycles. The van der Waals surface area contributed by atoms with Crippen molar-refractivity contribution >= 4 is 16.6 Å². The fourth-order valence-corrected chi connectivity index (χ4v) is 2.77. The average molecular weight is 274 g/mol. The van der Waals surface area contributed by atoms with E-state index in [2.05, 4.69) is 58.8 Å². The van der Waals surface area contributed by atoms with Crippen molar-refractivity contribution in [2.24, 2.45) is 0 Å². The second-order valence-electron chi connectivity index (χ2n) is 5.75. The van der Waals surface area contributed by atoms with E-state index in [0.717, 1.165) is 23.7 Å². The van der Waals surface area contributed by atoms with Gasteiger partial charge in [-0.2, -0.15) is 0 Å². The first kappa shape index (κ1) is 12.4. The summed E-state index contributed by atoms with van der Waals surface area (Å²) in [6, 6.07) is 19.3. The van der Waals surface area contributed by atoms with Crippen LogP contribution in [0.5, 0.6) is 0 Å². The quantitative estimate of drug-likeness (QED) is 0.744. The van der Waals surface area contributed by atoms with Gasteiger partial charge >= 0.3 is 0 Å². The maximum absolute atomic E-state index is 4.48. The van der Waals surface area contributed by atoms with Crippen LogP contribution in [0.15, 0.2) is 60.8 Å². The SMILES string of the molecule is c1cnc2c(NCc3ccc(C4CC4)cc3)cccc2c1. The van der Waals surface area contributed by atoms with Crippen molar-refractivity contribution in [2.45, 2.75) is 25.3 Å². The maximum Gasteiger partial charge on any atom is 0.0933 e. The lowest BCUT2D eigenvalue weighted by molar-refractivity contribution is 1.10. The van der Waals surface area contributed by atoms with Crippen LogP contribution < -0.4 is 5.32 Å². The molecule has 2 heteroatoms. The first-order valence-electron chi connectivity index (χ1n) is 7.56. The number of nitrogens with zero attached hydrogens (tertiary/aromatic N) is 1. The summed E-state index contributed by atoms with van der Waals surface area (Å²) in [5.41, 5.74) is 4.94. The number of benzene rings is 2. The minimum Gasteiger partial charge on any atom is -0.379 e. The molecule has 21 heavy (non-hydrogen) atoms. The zero-order valence-corrected chi connectivity index (χ0v) is 11.9. The van der Waals surface area contributed by atoms with Crippen molar-refractivity contribution in [1.29, 1.82) is 0 Å². The van der Waals surface area contributed by atoms with Crippen LogP contribution in [0.3, 0.4) is 0 Å². The van der Waals surface area contributed by atoms with Gasteiger partial charge in [0, 0.05) is 18.1 Å². The second-order valence-corrected chi connectivity index (χ2v) is 5.75. The highest BCUT2D eigenvalue weighted by molar-refractivity contribution is 5.90. The van der Waals surface area contributed by atoms with Gasteiger partial charge in [0.2, 0.25) is 0 Å². The molecule has 1 fully saturated rings. The molecule has 1 saturated carbocycles. The molecule has 0 spiro atoms. The number of aromatic nitrogens is 1. The summed E-state index contributed by atoms with van der Waals surface area (Å²) in [6.45, 7) is 0.834. The molecule has 0 atom stereocenters. The molecular formula is C19H18N2. The van der Waals surface area contributed by atoms with E-state index in [4.69, 9.17) is 0 Å². The topological polar surface area (TPSA) is 24.9 Å². The van der Waals surface area contributed by atoms with Crippen molar-refractivity contribution in [3.8, 4) is 0 Å². The normalized spacial score (nSPS) is 14.3. The van der Waals surface area contributed by atoms with Gasteiger partial charge in [-0.1, -0.05) is 42.5 Å². The summed E-state index contributed by atoms with van der Waals surface area (Å²) in [4.78, 5) is 4.48. The third kappa shape index (κ3) is 2.62. The minimum atomic E-state index is 0.828. The Kier molecular flexibility index (Phi) is 3.07. The van der Waals surface area contributed by atoms with Crippen LogP contribution in [0, 0.1) is 0 Å². The molecule has 2 aromatic carbocycles. The zero-order chi connectivity index (χ0) is 14.1. The summed E-state index contributed by atoms with van der Waals surface area (Å²) in [6.07, 6.45) is 4.57. The van der Waals surface area contributed by atoms with Crippen molar-refractivity contribution in [3.05, 3.63) is 71.9 Å². The van der Waals surface area contributed by atoms with E-state index in [9.17, 15) is 0 Å². The summed E-state index contributed by atoms with van der Waals surface area (Å²) in [5.74, 6) is 0.828. The Balaban J connectivity index is 1.52. The molecular weight excluding hydrogens is 256 g/mol. The first-order chi connectivity index (χ1) is 10.4. The van der Waals surface area contributed by atoms with Crippen molar-refractivity contribution < 1.29 is 0 Å². The Morgan fingerprint density at radius 1 is 0.952 bits per heavy atom. The number of nitrogens with one attached hydrogen (secondary N) is 1. The fourth-order valence-electron chi connectivity index (χ4n) is 2.77. The number of para-hydroxylation sites is 1. The van der Waals surface area contributed by atoms with Crippen LogP contribution in [0.2, 0.25) is 0 Å². The van der Waals surface area contributed by atoms with Crippen molar-refractivity contribution in [2.75, 3.05) is 5.32 Å². The van der Waals surface area contributed by atoms with Crippen LogP contribution in [0.1, 0.15) is 29.9 Å². The molecule has 1 N–H and O–H groups in total. The molecule has 0 amide bonds.